The molecule has 0 N–H and O–H groups in total. The highest BCUT2D eigenvalue weighted by molar-refractivity contribution is 8.13. The summed E-state index contributed by atoms with van der Waals surface area (Å²) in [4.78, 5) is 11.0. The van der Waals surface area contributed by atoms with Gasteiger partial charge in [-0.25, -0.2) is 0 Å². The minimum absolute atomic E-state index is 0.117. The predicted molar refractivity (Wildman–Crippen MR) is 98.5 cm³/mol. The zero-order chi connectivity index (χ0) is 15.6. The van der Waals surface area contributed by atoms with Gasteiger partial charge in [0.25, 0.3) is 0 Å². The first-order valence-electron chi connectivity index (χ1n) is 9.02. The van der Waals surface area contributed by atoms with Crippen molar-refractivity contribution in [2.24, 2.45) is 0 Å². The van der Waals surface area contributed by atoms with Crippen LogP contribution in [0.25, 0.3) is 0 Å². The van der Waals surface area contributed by atoms with E-state index in [-0.39, 0.29) is 11.0 Å². The third kappa shape index (κ3) is 18.3. The Labute approximate surface area is 142 Å². The van der Waals surface area contributed by atoms with Crippen molar-refractivity contribution in [3.63, 3.8) is 0 Å². The van der Waals surface area contributed by atoms with Crippen LogP contribution in [0.4, 0.5) is 0 Å². The van der Waals surface area contributed by atoms with Crippen molar-refractivity contribution in [1.82, 2.24) is 0 Å². The average Bonchev–Trinajstić information content (AvgIpc) is 2.50. The lowest BCUT2D eigenvalue weighted by Gasteiger charge is -2.03. The average molecular weight is 335 g/mol. The number of hydrogen-bond acceptors (Lipinski definition) is 2. The van der Waals surface area contributed by atoms with Crippen molar-refractivity contribution in [2.75, 3.05) is 11.6 Å². The molecule has 0 saturated heterocycles. The zero-order valence-electron chi connectivity index (χ0n) is 14.0. The lowest BCUT2D eigenvalue weighted by atomic mass is 10.0. The van der Waals surface area contributed by atoms with Gasteiger partial charge in [-0.1, -0.05) is 102 Å². The SMILES string of the molecule is CCCCCCCCCCCCCCCCSC(=O)CCl. The third-order valence-electron chi connectivity index (χ3n) is 3.87. The molecular formula is C18H35ClOS. The maximum atomic E-state index is 11.0. The van der Waals surface area contributed by atoms with Crippen molar-refractivity contribution >= 4 is 28.5 Å². The van der Waals surface area contributed by atoms with Crippen molar-refractivity contribution in [3.8, 4) is 0 Å². The van der Waals surface area contributed by atoms with Crippen LogP contribution in [0.15, 0.2) is 0 Å². The molecule has 0 spiro atoms. The molecule has 0 aromatic carbocycles. The molecule has 1 nitrogen and oxygen atoms in total. The molecule has 0 aliphatic rings. The monoisotopic (exact) mass is 334 g/mol. The molecule has 21 heavy (non-hydrogen) atoms. The quantitative estimate of drug-likeness (QED) is 0.224. The maximum Gasteiger partial charge on any atom is 0.203 e. The van der Waals surface area contributed by atoms with Crippen LogP contribution in [0.5, 0.6) is 0 Å². The molecule has 0 fully saturated rings. The number of alkyl halides is 1. The molecule has 126 valence electrons. The summed E-state index contributed by atoms with van der Waals surface area (Å²) in [5.74, 6) is 1.10. The van der Waals surface area contributed by atoms with Gasteiger partial charge in [-0.05, 0) is 6.42 Å². The van der Waals surface area contributed by atoms with Gasteiger partial charge in [-0.2, -0.15) is 0 Å². The summed E-state index contributed by atoms with van der Waals surface area (Å²) >= 11 is 6.84. The van der Waals surface area contributed by atoms with E-state index < -0.39 is 0 Å². The van der Waals surface area contributed by atoms with E-state index in [0.29, 0.717) is 0 Å². The summed E-state index contributed by atoms with van der Waals surface area (Å²) < 4.78 is 0. The molecule has 3 heteroatoms. The van der Waals surface area contributed by atoms with Gasteiger partial charge in [-0.15, -0.1) is 11.6 Å². The standard InChI is InChI=1S/C18H35ClOS/c1-2-3-4-5-6-7-8-9-10-11-12-13-14-15-16-21-18(20)17-19/h2-17H2,1H3. The van der Waals surface area contributed by atoms with Crippen LogP contribution >= 0.6 is 23.4 Å². The van der Waals surface area contributed by atoms with Crippen molar-refractivity contribution < 1.29 is 4.79 Å². The zero-order valence-corrected chi connectivity index (χ0v) is 15.6. The minimum atomic E-state index is 0.117. The van der Waals surface area contributed by atoms with Gasteiger partial charge in [0.2, 0.25) is 5.12 Å². The molecule has 0 amide bonds. The van der Waals surface area contributed by atoms with E-state index in [0.717, 1.165) is 12.2 Å². The highest BCUT2D eigenvalue weighted by Gasteiger charge is 1.99. The van der Waals surface area contributed by atoms with E-state index in [4.69, 9.17) is 11.6 Å². The first-order chi connectivity index (χ1) is 10.3. The second kappa shape index (κ2) is 18.4. The molecule has 0 radical (unpaired) electrons. The lowest BCUT2D eigenvalue weighted by molar-refractivity contribution is -0.108. The van der Waals surface area contributed by atoms with Gasteiger partial charge in [0, 0.05) is 5.75 Å². The minimum Gasteiger partial charge on any atom is -0.286 e. The van der Waals surface area contributed by atoms with Crippen LogP contribution in [0, 0.1) is 0 Å². The summed E-state index contributed by atoms with van der Waals surface area (Å²) in [6.07, 6.45) is 19.3. The molecule has 0 aliphatic carbocycles. The Morgan fingerprint density at radius 2 is 1.10 bits per heavy atom. The van der Waals surface area contributed by atoms with Gasteiger partial charge in [-0.3, -0.25) is 4.79 Å². The molecule has 0 saturated carbocycles. The molecule has 0 aromatic rings. The van der Waals surface area contributed by atoms with Crippen molar-refractivity contribution in [3.05, 3.63) is 0 Å². The Hall–Kier alpha value is 0.310. The number of hydrogen-bond donors (Lipinski definition) is 0. The Morgan fingerprint density at radius 3 is 1.48 bits per heavy atom. The van der Waals surface area contributed by atoms with Crippen LogP contribution < -0.4 is 0 Å². The fourth-order valence-corrected chi connectivity index (χ4v) is 3.41. The van der Waals surface area contributed by atoms with Crippen LogP contribution in [-0.4, -0.2) is 16.7 Å². The second-order valence-corrected chi connectivity index (χ2v) is 7.37. The molecular weight excluding hydrogens is 300 g/mol. The van der Waals surface area contributed by atoms with Gasteiger partial charge >= 0.3 is 0 Å². The first-order valence-corrected chi connectivity index (χ1v) is 10.5. The highest BCUT2D eigenvalue weighted by atomic mass is 35.5. The Bertz CT molecular complexity index is 221. The number of unbranched alkanes of at least 4 members (excludes halogenated alkanes) is 13. The van der Waals surface area contributed by atoms with Gasteiger partial charge < -0.3 is 0 Å². The molecule has 0 bridgehead atoms. The lowest BCUT2D eigenvalue weighted by Crippen LogP contribution is -1.94. The van der Waals surface area contributed by atoms with Crippen LogP contribution in [-0.2, 0) is 4.79 Å². The molecule has 0 unspecified atom stereocenters. The fourth-order valence-electron chi connectivity index (χ4n) is 2.52. The molecule has 0 aromatic heterocycles. The summed E-state index contributed by atoms with van der Waals surface area (Å²) in [7, 11) is 0. The summed E-state index contributed by atoms with van der Waals surface area (Å²) in [6.45, 7) is 2.28. The van der Waals surface area contributed by atoms with Crippen molar-refractivity contribution in [1.29, 1.82) is 0 Å². The second-order valence-electron chi connectivity index (χ2n) is 5.95. The number of carbonyl (C=O) groups is 1. The summed E-state index contributed by atoms with van der Waals surface area (Å²) in [5.41, 5.74) is 0. The predicted octanol–water partition coefficient (Wildman–Crippen LogP) is 6.97. The molecule has 0 aliphatic heterocycles. The normalized spacial score (nSPS) is 11.0. The number of thioether (sulfide) groups is 1. The van der Waals surface area contributed by atoms with Gasteiger partial charge in [0.05, 0.1) is 5.88 Å². The van der Waals surface area contributed by atoms with Gasteiger partial charge in [0.15, 0.2) is 0 Å². The largest absolute Gasteiger partial charge is 0.286 e. The van der Waals surface area contributed by atoms with E-state index in [2.05, 4.69) is 6.92 Å². The highest BCUT2D eigenvalue weighted by Crippen LogP contribution is 2.14. The smallest absolute Gasteiger partial charge is 0.203 e. The summed E-state index contributed by atoms with van der Waals surface area (Å²) in [5, 5.41) is 0.117. The molecule has 0 rings (SSSR count). The first kappa shape index (κ1) is 21.3. The van der Waals surface area contributed by atoms with Crippen LogP contribution in [0.2, 0.25) is 0 Å². The number of carbonyl (C=O) groups excluding carboxylic acids is 1. The maximum absolute atomic E-state index is 11.0. The molecule has 0 atom stereocenters. The topological polar surface area (TPSA) is 17.1 Å². The Balaban J connectivity index is 2.98. The van der Waals surface area contributed by atoms with Crippen molar-refractivity contribution in [2.45, 2.75) is 96.8 Å². The third-order valence-corrected chi connectivity index (χ3v) is 5.23. The molecule has 0 heterocycles. The van der Waals surface area contributed by atoms with E-state index in [1.165, 1.54) is 95.2 Å². The fraction of sp³-hybridized carbons (Fsp3) is 0.944. The van der Waals surface area contributed by atoms with Crippen LogP contribution in [0.1, 0.15) is 96.8 Å². The number of halogens is 1. The van der Waals surface area contributed by atoms with E-state index in [1.807, 2.05) is 0 Å². The van der Waals surface area contributed by atoms with Gasteiger partial charge in [0.1, 0.15) is 0 Å². The van der Waals surface area contributed by atoms with E-state index in [1.54, 1.807) is 0 Å². The van der Waals surface area contributed by atoms with E-state index in [9.17, 15) is 4.79 Å². The van der Waals surface area contributed by atoms with E-state index >= 15 is 0 Å². The number of rotatable bonds is 16. The van der Waals surface area contributed by atoms with Crippen LogP contribution in [0.3, 0.4) is 0 Å². The Morgan fingerprint density at radius 1 is 0.714 bits per heavy atom. The summed E-state index contributed by atoms with van der Waals surface area (Å²) in [6, 6.07) is 0. The Kier molecular flexibility index (Phi) is 18.6.